The number of thioether (sulfide) groups is 1. The molecular formula is C12H16N4OS. The van der Waals surface area contributed by atoms with Crippen LogP contribution < -0.4 is 5.73 Å². The van der Waals surface area contributed by atoms with Gasteiger partial charge in [-0.1, -0.05) is 19.0 Å². The molecule has 0 spiro atoms. The fourth-order valence-electron chi connectivity index (χ4n) is 1.41. The second kappa shape index (κ2) is 5.86. The fraction of sp³-hybridized carbons (Fsp3) is 0.417. The number of nitrogen functional groups attached to an aromatic ring is 1. The molecule has 0 radical (unpaired) electrons. The smallest absolute Gasteiger partial charge is 0.226 e. The van der Waals surface area contributed by atoms with Gasteiger partial charge in [-0.15, -0.1) is 11.8 Å². The first kappa shape index (κ1) is 12.9. The van der Waals surface area contributed by atoms with Gasteiger partial charge in [0.2, 0.25) is 5.89 Å². The Labute approximate surface area is 110 Å². The lowest BCUT2D eigenvalue weighted by Crippen LogP contribution is -1.94. The Kier molecular flexibility index (Phi) is 4.19. The van der Waals surface area contributed by atoms with Crippen molar-refractivity contribution in [2.24, 2.45) is 5.92 Å². The Balaban J connectivity index is 1.90. The van der Waals surface area contributed by atoms with Crippen LogP contribution in [0.1, 0.15) is 25.6 Å². The predicted octanol–water partition coefficient (Wildman–Crippen LogP) is 2.54. The van der Waals surface area contributed by atoms with Crippen molar-refractivity contribution in [3.63, 3.8) is 0 Å². The third kappa shape index (κ3) is 3.73. The molecule has 0 saturated carbocycles. The zero-order valence-corrected chi connectivity index (χ0v) is 11.3. The monoisotopic (exact) mass is 264 g/mol. The summed E-state index contributed by atoms with van der Waals surface area (Å²) >= 11 is 1.61. The van der Waals surface area contributed by atoms with Gasteiger partial charge in [0.25, 0.3) is 0 Å². The molecule has 0 atom stereocenters. The van der Waals surface area contributed by atoms with Gasteiger partial charge in [-0.2, -0.15) is 4.98 Å². The summed E-state index contributed by atoms with van der Waals surface area (Å²) in [7, 11) is 0. The highest BCUT2D eigenvalue weighted by atomic mass is 32.2. The zero-order chi connectivity index (χ0) is 13.0. The molecule has 2 heterocycles. The Morgan fingerprint density at radius 2 is 2.22 bits per heavy atom. The van der Waals surface area contributed by atoms with Crippen molar-refractivity contribution < 1.29 is 4.52 Å². The van der Waals surface area contributed by atoms with Gasteiger partial charge >= 0.3 is 0 Å². The molecule has 0 aliphatic carbocycles. The van der Waals surface area contributed by atoms with Gasteiger partial charge in [0.15, 0.2) is 5.82 Å². The number of nitrogens with two attached hydrogens (primary N) is 1. The number of rotatable bonds is 5. The topological polar surface area (TPSA) is 77.8 Å². The lowest BCUT2D eigenvalue weighted by Gasteiger charge is -1.98. The summed E-state index contributed by atoms with van der Waals surface area (Å²) in [4.78, 5) is 9.41. The number of hydrogen-bond acceptors (Lipinski definition) is 6. The van der Waals surface area contributed by atoms with E-state index in [2.05, 4.69) is 29.0 Å². The highest BCUT2D eigenvalue weighted by Crippen LogP contribution is 2.21. The summed E-state index contributed by atoms with van der Waals surface area (Å²) < 4.78 is 5.17. The normalized spacial score (nSPS) is 11.1. The van der Waals surface area contributed by atoms with E-state index in [1.165, 1.54) is 0 Å². The minimum absolute atomic E-state index is 0.521. The largest absolute Gasteiger partial charge is 0.384 e. The lowest BCUT2D eigenvalue weighted by molar-refractivity contribution is 0.360. The average Bonchev–Trinajstić information content (AvgIpc) is 2.75. The molecule has 0 aliphatic heterocycles. The van der Waals surface area contributed by atoms with Crippen LogP contribution in [-0.4, -0.2) is 15.1 Å². The maximum absolute atomic E-state index is 5.52. The molecule has 2 aromatic heterocycles. The average molecular weight is 264 g/mol. The maximum atomic E-state index is 5.52. The van der Waals surface area contributed by atoms with Crippen LogP contribution in [0.5, 0.6) is 0 Å². The van der Waals surface area contributed by atoms with Crippen molar-refractivity contribution in [3.05, 3.63) is 30.0 Å². The van der Waals surface area contributed by atoms with Gasteiger partial charge < -0.3 is 10.3 Å². The van der Waals surface area contributed by atoms with E-state index in [-0.39, 0.29) is 0 Å². The number of anilines is 1. The molecule has 2 aromatic rings. The summed E-state index contributed by atoms with van der Waals surface area (Å²) in [5.74, 6) is 3.14. The zero-order valence-electron chi connectivity index (χ0n) is 10.5. The molecule has 5 nitrogen and oxygen atoms in total. The first-order valence-corrected chi connectivity index (χ1v) is 6.78. The first-order valence-electron chi connectivity index (χ1n) is 5.79. The molecule has 0 amide bonds. The van der Waals surface area contributed by atoms with Crippen LogP contribution in [0, 0.1) is 5.92 Å². The second-order valence-electron chi connectivity index (χ2n) is 4.41. The first-order chi connectivity index (χ1) is 8.63. The summed E-state index contributed by atoms with van der Waals surface area (Å²) in [5, 5.41) is 3.95. The third-order valence-electron chi connectivity index (χ3n) is 2.22. The SMILES string of the molecule is CC(C)Cc1nc(CSc2ccc(N)nc2)no1. The van der Waals surface area contributed by atoms with Gasteiger partial charge in [0.1, 0.15) is 5.82 Å². The van der Waals surface area contributed by atoms with E-state index in [1.807, 2.05) is 6.07 Å². The van der Waals surface area contributed by atoms with Crippen LogP contribution in [0.2, 0.25) is 0 Å². The van der Waals surface area contributed by atoms with Crippen molar-refractivity contribution in [1.29, 1.82) is 0 Å². The van der Waals surface area contributed by atoms with E-state index in [9.17, 15) is 0 Å². The van der Waals surface area contributed by atoms with Gasteiger partial charge in [-0.05, 0) is 18.1 Å². The summed E-state index contributed by atoms with van der Waals surface area (Å²) in [6.07, 6.45) is 2.57. The van der Waals surface area contributed by atoms with Gasteiger partial charge in [0.05, 0.1) is 5.75 Å². The quantitative estimate of drug-likeness (QED) is 0.836. The molecule has 6 heteroatoms. The van der Waals surface area contributed by atoms with Crippen molar-refractivity contribution in [1.82, 2.24) is 15.1 Å². The molecule has 2 rings (SSSR count). The number of pyridine rings is 1. The molecule has 0 aromatic carbocycles. The van der Waals surface area contributed by atoms with Crippen LogP contribution in [0.25, 0.3) is 0 Å². The molecule has 0 fully saturated rings. The summed E-state index contributed by atoms with van der Waals surface area (Å²) in [6, 6.07) is 3.71. The molecule has 96 valence electrons. The van der Waals surface area contributed by atoms with Crippen molar-refractivity contribution in [2.75, 3.05) is 5.73 Å². The van der Waals surface area contributed by atoms with Crippen LogP contribution in [-0.2, 0) is 12.2 Å². The van der Waals surface area contributed by atoms with Crippen molar-refractivity contribution in [3.8, 4) is 0 Å². The van der Waals surface area contributed by atoms with E-state index in [4.69, 9.17) is 10.3 Å². The van der Waals surface area contributed by atoms with E-state index in [0.29, 0.717) is 29.2 Å². The van der Waals surface area contributed by atoms with Crippen LogP contribution in [0.4, 0.5) is 5.82 Å². The number of hydrogen-bond donors (Lipinski definition) is 1. The highest BCUT2D eigenvalue weighted by Gasteiger charge is 2.08. The van der Waals surface area contributed by atoms with Crippen molar-refractivity contribution in [2.45, 2.75) is 30.9 Å². The summed E-state index contributed by atoms with van der Waals surface area (Å²) in [5.41, 5.74) is 5.52. The lowest BCUT2D eigenvalue weighted by atomic mass is 10.1. The van der Waals surface area contributed by atoms with E-state index >= 15 is 0 Å². The molecule has 0 bridgehead atoms. The molecule has 2 N–H and O–H groups in total. The minimum Gasteiger partial charge on any atom is -0.384 e. The Morgan fingerprint density at radius 3 is 2.89 bits per heavy atom. The Hall–Kier alpha value is -1.56. The minimum atomic E-state index is 0.521. The fourth-order valence-corrected chi connectivity index (χ4v) is 2.11. The van der Waals surface area contributed by atoms with Gasteiger partial charge in [-0.3, -0.25) is 0 Å². The molecule has 0 unspecified atom stereocenters. The Bertz CT molecular complexity index is 495. The third-order valence-corrected chi connectivity index (χ3v) is 3.20. The van der Waals surface area contributed by atoms with Crippen LogP contribution in [0.15, 0.2) is 27.7 Å². The molecule has 18 heavy (non-hydrogen) atoms. The van der Waals surface area contributed by atoms with Crippen LogP contribution >= 0.6 is 11.8 Å². The molecule has 0 aliphatic rings. The van der Waals surface area contributed by atoms with E-state index in [0.717, 1.165) is 11.3 Å². The summed E-state index contributed by atoms with van der Waals surface area (Å²) in [6.45, 7) is 4.25. The van der Waals surface area contributed by atoms with Gasteiger partial charge in [0, 0.05) is 17.5 Å². The maximum Gasteiger partial charge on any atom is 0.226 e. The highest BCUT2D eigenvalue weighted by molar-refractivity contribution is 7.98. The van der Waals surface area contributed by atoms with Crippen molar-refractivity contribution >= 4 is 17.6 Å². The van der Waals surface area contributed by atoms with Gasteiger partial charge in [-0.25, -0.2) is 4.98 Å². The van der Waals surface area contributed by atoms with E-state index < -0.39 is 0 Å². The molecular weight excluding hydrogens is 248 g/mol. The Morgan fingerprint density at radius 1 is 1.39 bits per heavy atom. The molecule has 0 saturated heterocycles. The number of aromatic nitrogens is 3. The van der Waals surface area contributed by atoms with Crippen LogP contribution in [0.3, 0.4) is 0 Å². The van der Waals surface area contributed by atoms with E-state index in [1.54, 1.807) is 24.0 Å². The standard InChI is InChI=1S/C12H16N4OS/c1-8(2)5-12-15-11(16-17-12)7-18-9-3-4-10(13)14-6-9/h3-4,6,8H,5,7H2,1-2H3,(H2,13,14). The predicted molar refractivity (Wildman–Crippen MR) is 71.1 cm³/mol. The second-order valence-corrected chi connectivity index (χ2v) is 5.46. The number of nitrogens with zero attached hydrogens (tertiary/aromatic N) is 3.